The van der Waals surface area contributed by atoms with Crippen LogP contribution in [0, 0.1) is 13.8 Å². The highest BCUT2D eigenvalue weighted by Crippen LogP contribution is 2.30. The SMILES string of the molecule is Cc1cc2ncn(CCC[NH2+]CCc3ccc(OCc4ccccc4)c(OCc4ccccc4)c3)c2cc1C.[Cl-]. The zero-order valence-electron chi connectivity index (χ0n) is 23.4. The normalized spacial score (nSPS) is 10.8. The monoisotopic (exact) mass is 555 g/mol. The van der Waals surface area contributed by atoms with E-state index in [0.717, 1.165) is 60.6 Å². The third kappa shape index (κ3) is 7.87. The van der Waals surface area contributed by atoms with Crippen molar-refractivity contribution in [1.29, 1.82) is 0 Å². The van der Waals surface area contributed by atoms with Gasteiger partial charge in [-0.3, -0.25) is 0 Å². The van der Waals surface area contributed by atoms with Gasteiger partial charge in [-0.25, -0.2) is 4.98 Å². The van der Waals surface area contributed by atoms with Crippen molar-refractivity contribution >= 4 is 11.0 Å². The Morgan fingerprint density at radius 3 is 2.05 bits per heavy atom. The van der Waals surface area contributed by atoms with E-state index in [1.165, 1.54) is 22.2 Å². The predicted octanol–water partition coefficient (Wildman–Crippen LogP) is 3.01. The molecule has 5 nitrogen and oxygen atoms in total. The number of rotatable bonds is 13. The van der Waals surface area contributed by atoms with Crippen LogP contribution in [0.15, 0.2) is 97.3 Å². The Labute approximate surface area is 243 Å². The van der Waals surface area contributed by atoms with E-state index < -0.39 is 0 Å². The van der Waals surface area contributed by atoms with Crippen LogP contribution in [0.3, 0.4) is 0 Å². The Hall–Kier alpha value is -3.80. The van der Waals surface area contributed by atoms with Crippen LogP contribution in [0.5, 0.6) is 11.5 Å². The number of quaternary nitrogens is 1. The summed E-state index contributed by atoms with van der Waals surface area (Å²) in [6, 6.07) is 31.3. The van der Waals surface area contributed by atoms with Gasteiger partial charge in [0.1, 0.15) is 13.2 Å². The molecule has 0 spiro atoms. The lowest BCUT2D eigenvalue weighted by atomic mass is 10.1. The number of nitrogens with zero attached hydrogens (tertiary/aromatic N) is 2. The second kappa shape index (κ2) is 14.5. The van der Waals surface area contributed by atoms with Crippen molar-refractivity contribution in [3.8, 4) is 11.5 Å². The third-order valence-electron chi connectivity index (χ3n) is 7.16. The van der Waals surface area contributed by atoms with Gasteiger partial charge in [0.25, 0.3) is 0 Å². The van der Waals surface area contributed by atoms with Gasteiger partial charge in [0.05, 0.1) is 30.5 Å². The van der Waals surface area contributed by atoms with E-state index in [0.29, 0.717) is 13.2 Å². The fourth-order valence-electron chi connectivity index (χ4n) is 4.72. The molecule has 0 unspecified atom stereocenters. The molecular formula is C34H38ClN3O2. The number of fused-ring (bicyclic) bond motifs is 1. The Morgan fingerprint density at radius 1 is 0.700 bits per heavy atom. The summed E-state index contributed by atoms with van der Waals surface area (Å²) < 4.78 is 14.7. The second-order valence-corrected chi connectivity index (χ2v) is 10.2. The number of aryl methyl sites for hydroxylation is 3. The minimum atomic E-state index is 0. The van der Waals surface area contributed by atoms with E-state index >= 15 is 0 Å². The molecule has 0 radical (unpaired) electrons. The van der Waals surface area contributed by atoms with E-state index in [1.807, 2.05) is 48.8 Å². The molecule has 0 atom stereocenters. The van der Waals surface area contributed by atoms with Gasteiger partial charge in [0.2, 0.25) is 0 Å². The summed E-state index contributed by atoms with van der Waals surface area (Å²) in [6.45, 7) is 8.44. The maximum Gasteiger partial charge on any atom is 0.161 e. The van der Waals surface area contributed by atoms with Crippen LogP contribution in [0.1, 0.15) is 34.2 Å². The van der Waals surface area contributed by atoms with Crippen molar-refractivity contribution in [1.82, 2.24) is 9.55 Å². The smallest absolute Gasteiger partial charge is 0.161 e. The van der Waals surface area contributed by atoms with Gasteiger partial charge in [-0.1, -0.05) is 66.7 Å². The van der Waals surface area contributed by atoms with Crippen molar-refractivity contribution in [3.63, 3.8) is 0 Å². The van der Waals surface area contributed by atoms with Crippen molar-refractivity contribution in [2.75, 3.05) is 13.1 Å². The van der Waals surface area contributed by atoms with Crippen LogP contribution in [0.4, 0.5) is 0 Å². The number of benzene rings is 4. The molecule has 2 N–H and O–H groups in total. The van der Waals surface area contributed by atoms with Crippen molar-refractivity contribution in [3.05, 3.63) is 125 Å². The third-order valence-corrected chi connectivity index (χ3v) is 7.16. The topological polar surface area (TPSA) is 52.9 Å². The quantitative estimate of drug-likeness (QED) is 0.227. The standard InChI is InChI=1S/C34H37N3O2.ClH/c1-26-20-31-32(21-27(26)2)37(25-36-31)19-9-17-35-18-16-28-14-15-33(38-23-29-10-5-3-6-11-29)34(22-28)39-24-30-12-7-4-8-13-30;/h3-8,10-15,20-22,25,35H,9,16-19,23-24H2,1-2H3;1H. The molecule has 1 aromatic heterocycles. The molecule has 208 valence electrons. The fraction of sp³-hybridized carbons (Fsp3) is 0.265. The molecule has 0 fully saturated rings. The molecule has 0 saturated heterocycles. The maximum absolute atomic E-state index is 6.25. The Bertz CT molecular complexity index is 1490. The van der Waals surface area contributed by atoms with Gasteiger partial charge in [0, 0.05) is 19.4 Å². The van der Waals surface area contributed by atoms with E-state index in [-0.39, 0.29) is 12.4 Å². The first-order valence-electron chi connectivity index (χ1n) is 13.9. The molecule has 0 aliphatic carbocycles. The minimum Gasteiger partial charge on any atom is -1.00 e. The molecule has 6 heteroatoms. The largest absolute Gasteiger partial charge is 1.00 e. The number of hydrogen-bond donors (Lipinski definition) is 1. The second-order valence-electron chi connectivity index (χ2n) is 10.2. The van der Waals surface area contributed by atoms with E-state index in [1.54, 1.807) is 0 Å². The molecule has 1 heterocycles. The lowest BCUT2D eigenvalue weighted by Crippen LogP contribution is -3.00. The predicted molar refractivity (Wildman–Crippen MR) is 157 cm³/mol. The molecule has 0 bridgehead atoms. The lowest BCUT2D eigenvalue weighted by molar-refractivity contribution is -0.654. The summed E-state index contributed by atoms with van der Waals surface area (Å²) in [5.41, 5.74) is 8.47. The van der Waals surface area contributed by atoms with Crippen LogP contribution < -0.4 is 27.2 Å². The van der Waals surface area contributed by atoms with Crippen LogP contribution in [0.2, 0.25) is 0 Å². The lowest BCUT2D eigenvalue weighted by Gasteiger charge is -2.15. The first-order chi connectivity index (χ1) is 19.2. The van der Waals surface area contributed by atoms with Crippen LogP contribution in [-0.2, 0) is 26.2 Å². The highest BCUT2D eigenvalue weighted by Gasteiger charge is 2.10. The fourth-order valence-corrected chi connectivity index (χ4v) is 4.72. The van der Waals surface area contributed by atoms with Crippen LogP contribution in [0.25, 0.3) is 11.0 Å². The summed E-state index contributed by atoms with van der Waals surface area (Å²) in [7, 11) is 0. The van der Waals surface area contributed by atoms with E-state index in [2.05, 4.69) is 77.2 Å². The molecular weight excluding hydrogens is 518 g/mol. The summed E-state index contributed by atoms with van der Waals surface area (Å²) >= 11 is 0. The minimum absolute atomic E-state index is 0. The molecule has 0 amide bonds. The summed E-state index contributed by atoms with van der Waals surface area (Å²) in [5.74, 6) is 1.57. The maximum atomic E-state index is 6.25. The Morgan fingerprint density at radius 2 is 1.35 bits per heavy atom. The average Bonchev–Trinajstić information content (AvgIpc) is 3.35. The van der Waals surface area contributed by atoms with Gasteiger partial charge < -0.3 is 31.8 Å². The van der Waals surface area contributed by atoms with Gasteiger partial charge in [-0.2, -0.15) is 0 Å². The summed E-state index contributed by atoms with van der Waals surface area (Å²) in [6.07, 6.45) is 4.06. The highest BCUT2D eigenvalue weighted by molar-refractivity contribution is 5.77. The van der Waals surface area contributed by atoms with Crippen molar-refractivity contribution in [2.45, 2.75) is 46.4 Å². The van der Waals surface area contributed by atoms with Gasteiger partial charge in [-0.15, -0.1) is 0 Å². The van der Waals surface area contributed by atoms with Crippen molar-refractivity contribution in [2.24, 2.45) is 0 Å². The molecule has 5 aromatic rings. The summed E-state index contributed by atoms with van der Waals surface area (Å²) in [5, 5.41) is 2.40. The van der Waals surface area contributed by atoms with Crippen LogP contribution in [-0.4, -0.2) is 22.6 Å². The zero-order valence-corrected chi connectivity index (χ0v) is 24.1. The van der Waals surface area contributed by atoms with Crippen molar-refractivity contribution < 1.29 is 27.2 Å². The van der Waals surface area contributed by atoms with Gasteiger partial charge in [0.15, 0.2) is 11.5 Å². The number of aromatic nitrogens is 2. The number of halogens is 1. The number of imidazole rings is 1. The Kier molecular flexibility index (Phi) is 10.6. The first-order valence-corrected chi connectivity index (χ1v) is 13.9. The molecule has 0 saturated carbocycles. The molecule has 0 aliphatic heterocycles. The molecule has 0 aliphatic rings. The molecule has 5 rings (SSSR count). The van der Waals surface area contributed by atoms with E-state index in [4.69, 9.17) is 9.47 Å². The number of ether oxygens (including phenoxy) is 2. The highest BCUT2D eigenvalue weighted by atomic mass is 35.5. The molecule has 40 heavy (non-hydrogen) atoms. The zero-order chi connectivity index (χ0) is 26.9. The number of hydrogen-bond acceptors (Lipinski definition) is 3. The number of nitrogens with two attached hydrogens (primary N) is 1. The average molecular weight is 556 g/mol. The van der Waals surface area contributed by atoms with Gasteiger partial charge in [-0.05, 0) is 65.9 Å². The summed E-state index contributed by atoms with van der Waals surface area (Å²) in [4.78, 5) is 4.59. The van der Waals surface area contributed by atoms with Crippen LogP contribution >= 0.6 is 0 Å². The first kappa shape index (κ1) is 29.2. The van der Waals surface area contributed by atoms with Gasteiger partial charge >= 0.3 is 0 Å². The van der Waals surface area contributed by atoms with E-state index in [9.17, 15) is 0 Å². The Balaban J connectivity index is 0.00000370. The molecule has 4 aromatic carbocycles.